The van der Waals surface area contributed by atoms with Crippen molar-refractivity contribution in [3.05, 3.63) is 78.7 Å². The van der Waals surface area contributed by atoms with E-state index in [1.165, 1.54) is 4.52 Å². The zero-order valence-electron chi connectivity index (χ0n) is 14.7. The molecule has 4 aromatic heterocycles. The first-order valence-corrected chi connectivity index (χ1v) is 10.3. The first-order valence-electron chi connectivity index (χ1n) is 8.50. The lowest BCUT2D eigenvalue weighted by Crippen LogP contribution is -2.33. The number of thiophene rings is 2. The standard InChI is InChI=1S/C19H18N4O2S2/c1-13-16(19(25)23-17(21-13)6-7-20-23)10-18(24)22(11-14-4-2-8-26-14)12-15-5-3-9-27-15/h2-9,20H,10-12H2,1H3. The third-order valence-electron chi connectivity index (χ3n) is 4.38. The second kappa shape index (κ2) is 7.50. The summed E-state index contributed by atoms with van der Waals surface area (Å²) in [6, 6.07) is 9.73. The highest BCUT2D eigenvalue weighted by Gasteiger charge is 2.20. The van der Waals surface area contributed by atoms with Gasteiger partial charge in [-0.25, -0.2) is 9.50 Å². The SMILES string of the molecule is Cc1nc2cc[nH]n2c(=O)c1CC(=O)N(Cc1cccs1)Cc1cccs1. The summed E-state index contributed by atoms with van der Waals surface area (Å²) in [4.78, 5) is 34.3. The van der Waals surface area contributed by atoms with Crippen LogP contribution in [0.4, 0.5) is 0 Å². The van der Waals surface area contributed by atoms with E-state index < -0.39 is 0 Å². The van der Waals surface area contributed by atoms with Crippen LogP contribution in [0.25, 0.3) is 5.65 Å². The molecule has 8 heteroatoms. The fraction of sp³-hybridized carbons (Fsp3) is 0.211. The fourth-order valence-electron chi connectivity index (χ4n) is 2.99. The van der Waals surface area contributed by atoms with Crippen LogP contribution in [0.5, 0.6) is 0 Å². The van der Waals surface area contributed by atoms with Crippen LogP contribution < -0.4 is 5.56 Å². The molecule has 4 aromatic rings. The topological polar surface area (TPSA) is 70.5 Å². The Morgan fingerprint density at radius 3 is 2.41 bits per heavy atom. The van der Waals surface area contributed by atoms with Crippen molar-refractivity contribution in [1.82, 2.24) is 19.5 Å². The monoisotopic (exact) mass is 398 g/mol. The number of fused-ring (bicyclic) bond motifs is 1. The van der Waals surface area contributed by atoms with Gasteiger partial charge in [-0.05, 0) is 29.8 Å². The summed E-state index contributed by atoms with van der Waals surface area (Å²) in [6.45, 7) is 2.85. The molecule has 0 aliphatic carbocycles. The summed E-state index contributed by atoms with van der Waals surface area (Å²) in [5.41, 5.74) is 1.37. The molecule has 0 saturated heterocycles. The summed E-state index contributed by atoms with van der Waals surface area (Å²) in [5, 5.41) is 6.86. The van der Waals surface area contributed by atoms with Gasteiger partial charge in [0.1, 0.15) is 0 Å². The molecule has 0 atom stereocenters. The lowest BCUT2D eigenvalue weighted by Gasteiger charge is -2.22. The molecule has 0 bridgehead atoms. The van der Waals surface area contributed by atoms with Gasteiger partial charge < -0.3 is 4.90 Å². The van der Waals surface area contributed by atoms with Crippen LogP contribution in [0.3, 0.4) is 0 Å². The molecule has 0 aliphatic heterocycles. The third kappa shape index (κ3) is 3.72. The zero-order valence-corrected chi connectivity index (χ0v) is 16.3. The molecule has 4 heterocycles. The molecule has 27 heavy (non-hydrogen) atoms. The van der Waals surface area contributed by atoms with Crippen molar-refractivity contribution in [1.29, 1.82) is 0 Å². The highest BCUT2D eigenvalue weighted by Crippen LogP contribution is 2.18. The number of aromatic amines is 1. The Morgan fingerprint density at radius 2 is 1.81 bits per heavy atom. The Hall–Kier alpha value is -2.71. The predicted molar refractivity (Wildman–Crippen MR) is 107 cm³/mol. The maximum absolute atomic E-state index is 13.1. The van der Waals surface area contributed by atoms with E-state index in [-0.39, 0.29) is 17.9 Å². The number of rotatable bonds is 6. The summed E-state index contributed by atoms with van der Waals surface area (Å²) >= 11 is 3.25. The van der Waals surface area contributed by atoms with Gasteiger partial charge in [-0.15, -0.1) is 22.7 Å². The highest BCUT2D eigenvalue weighted by atomic mass is 32.1. The Balaban J connectivity index is 1.62. The van der Waals surface area contributed by atoms with Gasteiger partial charge in [-0.3, -0.25) is 14.7 Å². The minimum atomic E-state index is -0.219. The number of nitrogens with one attached hydrogen (secondary N) is 1. The maximum Gasteiger partial charge on any atom is 0.276 e. The lowest BCUT2D eigenvalue weighted by atomic mass is 10.1. The zero-order chi connectivity index (χ0) is 18.8. The summed E-state index contributed by atoms with van der Waals surface area (Å²) < 4.78 is 1.37. The van der Waals surface area contributed by atoms with Crippen molar-refractivity contribution in [3.8, 4) is 0 Å². The van der Waals surface area contributed by atoms with Crippen molar-refractivity contribution < 1.29 is 4.79 Å². The van der Waals surface area contributed by atoms with Crippen molar-refractivity contribution in [2.24, 2.45) is 0 Å². The summed E-state index contributed by atoms with van der Waals surface area (Å²) in [5.74, 6) is -0.0784. The molecule has 1 amide bonds. The molecule has 0 aliphatic rings. The average Bonchev–Trinajstić information content (AvgIpc) is 3.40. The van der Waals surface area contributed by atoms with E-state index in [2.05, 4.69) is 10.1 Å². The quantitative estimate of drug-likeness (QED) is 0.542. The van der Waals surface area contributed by atoms with Crippen LogP contribution >= 0.6 is 22.7 Å². The van der Waals surface area contributed by atoms with Crippen molar-refractivity contribution in [2.45, 2.75) is 26.4 Å². The second-order valence-electron chi connectivity index (χ2n) is 6.22. The summed E-state index contributed by atoms with van der Waals surface area (Å²) in [6.07, 6.45) is 1.70. The normalized spacial score (nSPS) is 11.1. The van der Waals surface area contributed by atoms with Gasteiger partial charge in [0.15, 0.2) is 5.65 Å². The van der Waals surface area contributed by atoms with E-state index in [0.29, 0.717) is 30.0 Å². The molecular formula is C19H18N4O2S2. The molecule has 0 spiro atoms. The Kier molecular flexibility index (Phi) is 4.91. The Morgan fingerprint density at radius 1 is 1.15 bits per heavy atom. The van der Waals surface area contributed by atoms with Gasteiger partial charge in [0.25, 0.3) is 5.56 Å². The predicted octanol–water partition coefficient (Wildman–Crippen LogP) is 3.23. The van der Waals surface area contributed by atoms with Crippen LogP contribution in [0, 0.1) is 6.92 Å². The van der Waals surface area contributed by atoms with E-state index in [9.17, 15) is 9.59 Å². The molecule has 0 fully saturated rings. The molecular weight excluding hydrogens is 380 g/mol. The van der Waals surface area contributed by atoms with Crippen LogP contribution in [0.2, 0.25) is 0 Å². The Labute approximate surface area is 163 Å². The average molecular weight is 399 g/mol. The van der Waals surface area contributed by atoms with E-state index >= 15 is 0 Å². The van der Waals surface area contributed by atoms with Gasteiger partial charge in [-0.2, -0.15) is 0 Å². The molecule has 0 unspecified atom stereocenters. The number of aryl methyl sites for hydroxylation is 1. The number of amides is 1. The van der Waals surface area contributed by atoms with Gasteiger partial charge in [0, 0.05) is 33.3 Å². The fourth-order valence-corrected chi connectivity index (χ4v) is 4.42. The molecule has 0 radical (unpaired) electrons. The first kappa shape index (κ1) is 17.7. The number of hydrogen-bond acceptors (Lipinski definition) is 5. The largest absolute Gasteiger partial charge is 0.332 e. The van der Waals surface area contributed by atoms with Crippen LogP contribution in [-0.2, 0) is 24.3 Å². The van der Waals surface area contributed by atoms with E-state index in [1.807, 2.05) is 35.0 Å². The molecule has 1 N–H and O–H groups in total. The van der Waals surface area contributed by atoms with E-state index in [0.717, 1.165) is 9.75 Å². The lowest BCUT2D eigenvalue weighted by molar-refractivity contribution is -0.131. The van der Waals surface area contributed by atoms with Gasteiger partial charge in [0.05, 0.1) is 19.5 Å². The number of nitrogens with zero attached hydrogens (tertiary/aromatic N) is 3. The van der Waals surface area contributed by atoms with Crippen molar-refractivity contribution >= 4 is 34.2 Å². The van der Waals surface area contributed by atoms with Crippen LogP contribution in [0.15, 0.2) is 52.1 Å². The molecule has 4 rings (SSSR count). The molecule has 138 valence electrons. The minimum Gasteiger partial charge on any atom is -0.332 e. The van der Waals surface area contributed by atoms with Gasteiger partial charge in [0.2, 0.25) is 5.91 Å². The van der Waals surface area contributed by atoms with Crippen LogP contribution in [0.1, 0.15) is 21.0 Å². The molecule has 0 aromatic carbocycles. The molecule has 0 saturated carbocycles. The van der Waals surface area contributed by atoms with E-state index in [4.69, 9.17) is 0 Å². The number of H-pyrrole nitrogens is 1. The number of carbonyl (C=O) groups is 1. The first-order chi connectivity index (χ1) is 13.1. The van der Waals surface area contributed by atoms with E-state index in [1.54, 1.807) is 46.8 Å². The highest BCUT2D eigenvalue weighted by molar-refractivity contribution is 7.10. The number of aromatic nitrogens is 3. The molecule has 6 nitrogen and oxygen atoms in total. The summed E-state index contributed by atoms with van der Waals surface area (Å²) in [7, 11) is 0. The Bertz CT molecular complexity index is 1070. The van der Waals surface area contributed by atoms with Gasteiger partial charge in [-0.1, -0.05) is 12.1 Å². The van der Waals surface area contributed by atoms with Crippen LogP contribution in [-0.4, -0.2) is 25.4 Å². The van der Waals surface area contributed by atoms with Crippen molar-refractivity contribution in [3.63, 3.8) is 0 Å². The third-order valence-corrected chi connectivity index (χ3v) is 6.10. The van der Waals surface area contributed by atoms with Crippen molar-refractivity contribution in [2.75, 3.05) is 0 Å². The second-order valence-corrected chi connectivity index (χ2v) is 8.29. The minimum absolute atomic E-state index is 0.0381. The van der Waals surface area contributed by atoms with Gasteiger partial charge >= 0.3 is 0 Å². The number of hydrogen-bond donors (Lipinski definition) is 1. The smallest absolute Gasteiger partial charge is 0.276 e. The number of carbonyl (C=O) groups excluding carboxylic acids is 1. The maximum atomic E-state index is 13.1.